The van der Waals surface area contributed by atoms with Gasteiger partial charge in [0.15, 0.2) is 5.78 Å². The van der Waals surface area contributed by atoms with Gasteiger partial charge in [-0.25, -0.2) is 0 Å². The third-order valence-electron chi connectivity index (χ3n) is 2.41. The van der Waals surface area contributed by atoms with Crippen LogP contribution in [0.25, 0.3) is 0 Å². The van der Waals surface area contributed by atoms with Gasteiger partial charge in [-0.05, 0) is 18.9 Å². The van der Waals surface area contributed by atoms with Crippen molar-refractivity contribution in [2.24, 2.45) is 0 Å². The molecule has 1 heterocycles. The van der Waals surface area contributed by atoms with E-state index in [2.05, 4.69) is 19.2 Å². The lowest BCUT2D eigenvalue weighted by Gasteiger charge is -2.13. The number of rotatable bonds is 5. The second-order valence-electron chi connectivity index (χ2n) is 3.61. The first-order valence-corrected chi connectivity index (χ1v) is 6.06. The lowest BCUT2D eigenvalue weighted by atomic mass is 10.2. The van der Waals surface area contributed by atoms with E-state index >= 15 is 0 Å². The molecule has 0 radical (unpaired) electrons. The first-order chi connectivity index (χ1) is 7.08. The summed E-state index contributed by atoms with van der Waals surface area (Å²) in [6, 6.07) is 2.31. The van der Waals surface area contributed by atoms with Gasteiger partial charge >= 0.3 is 0 Å². The molecule has 1 aromatic rings. The zero-order chi connectivity index (χ0) is 11.4. The minimum atomic E-state index is 0.0371. The second-order valence-corrected chi connectivity index (χ2v) is 4.66. The molecule has 0 bridgehead atoms. The van der Waals surface area contributed by atoms with Gasteiger partial charge in [-0.2, -0.15) is 0 Å². The van der Waals surface area contributed by atoms with Gasteiger partial charge in [0, 0.05) is 13.0 Å². The smallest absolute Gasteiger partial charge is 0.171 e. The highest BCUT2D eigenvalue weighted by molar-refractivity contribution is 7.18. The monoisotopic (exact) mass is 226 g/mol. The highest BCUT2D eigenvalue weighted by Crippen LogP contribution is 2.30. The Labute approximate surface area is 94.7 Å². The van der Waals surface area contributed by atoms with Crippen LogP contribution in [0.5, 0.6) is 0 Å². The maximum absolute atomic E-state index is 11.2. The van der Waals surface area contributed by atoms with E-state index in [1.54, 1.807) is 6.92 Å². The van der Waals surface area contributed by atoms with Crippen LogP contribution in [0.4, 0.5) is 10.7 Å². The molecular formula is C11H18N2OS. The van der Waals surface area contributed by atoms with Gasteiger partial charge in [0.2, 0.25) is 0 Å². The fraction of sp³-hybridized carbons (Fsp3) is 0.545. The van der Waals surface area contributed by atoms with Crippen molar-refractivity contribution in [3.05, 3.63) is 10.9 Å². The molecule has 0 aromatic carbocycles. The maximum Gasteiger partial charge on any atom is 0.171 e. The number of nitrogens with one attached hydrogen (secondary N) is 1. The van der Waals surface area contributed by atoms with Crippen molar-refractivity contribution >= 4 is 27.8 Å². The number of thiophene rings is 1. The van der Waals surface area contributed by atoms with Crippen molar-refractivity contribution in [1.29, 1.82) is 0 Å². The summed E-state index contributed by atoms with van der Waals surface area (Å²) in [6.07, 6.45) is 2.15. The highest BCUT2D eigenvalue weighted by Gasteiger charge is 2.12. The Bertz CT molecular complexity index is 342. The van der Waals surface area contributed by atoms with Gasteiger partial charge in [0.05, 0.1) is 15.6 Å². The third-order valence-corrected chi connectivity index (χ3v) is 3.60. The van der Waals surface area contributed by atoms with Gasteiger partial charge in [0.25, 0.3) is 0 Å². The van der Waals surface area contributed by atoms with Crippen LogP contribution in [0.1, 0.15) is 43.3 Å². The average molecular weight is 226 g/mol. The number of hydrogen-bond acceptors (Lipinski definition) is 4. The van der Waals surface area contributed by atoms with E-state index in [-0.39, 0.29) is 5.78 Å². The van der Waals surface area contributed by atoms with Crippen LogP contribution < -0.4 is 11.1 Å². The predicted molar refractivity (Wildman–Crippen MR) is 66.7 cm³/mol. The molecule has 0 saturated heterocycles. The summed E-state index contributed by atoms with van der Waals surface area (Å²) < 4.78 is 0. The molecule has 3 nitrogen and oxygen atoms in total. The zero-order valence-corrected chi connectivity index (χ0v) is 10.3. The molecular weight excluding hydrogens is 208 g/mol. The molecule has 0 aliphatic rings. The Kier molecular flexibility index (Phi) is 4.15. The zero-order valence-electron chi connectivity index (χ0n) is 9.46. The maximum atomic E-state index is 11.2. The predicted octanol–water partition coefficient (Wildman–Crippen LogP) is 3.13. The number of ketones is 1. The Hall–Kier alpha value is -1.03. The van der Waals surface area contributed by atoms with E-state index in [0.717, 1.165) is 17.8 Å². The molecule has 0 saturated carbocycles. The number of anilines is 2. The van der Waals surface area contributed by atoms with E-state index in [9.17, 15) is 4.79 Å². The first-order valence-electron chi connectivity index (χ1n) is 5.25. The van der Waals surface area contributed by atoms with Crippen LogP contribution in [0.3, 0.4) is 0 Å². The topological polar surface area (TPSA) is 55.1 Å². The second kappa shape index (κ2) is 5.16. The molecule has 0 atom stereocenters. The highest BCUT2D eigenvalue weighted by atomic mass is 32.1. The van der Waals surface area contributed by atoms with Crippen LogP contribution in [0, 0.1) is 0 Å². The number of nitrogens with two attached hydrogens (primary N) is 1. The van der Waals surface area contributed by atoms with E-state index in [0.29, 0.717) is 16.6 Å². The molecule has 0 amide bonds. The molecule has 0 fully saturated rings. The van der Waals surface area contributed by atoms with Crippen LogP contribution in [0.2, 0.25) is 0 Å². The first kappa shape index (κ1) is 12.0. The standard InChI is InChI=1S/C11H18N2OS/c1-4-8(5-2)13-10-6-9(12)11(15-10)7(3)14/h6,8,13H,4-5,12H2,1-3H3. The number of Topliss-reactive ketones (excluding diaryl/α,β-unsaturated/α-hetero) is 1. The summed E-state index contributed by atoms with van der Waals surface area (Å²) in [4.78, 5) is 11.9. The van der Waals surface area contributed by atoms with Crippen molar-refractivity contribution in [3.63, 3.8) is 0 Å². The summed E-state index contributed by atoms with van der Waals surface area (Å²) in [5.41, 5.74) is 6.33. The van der Waals surface area contributed by atoms with Gasteiger partial charge in [0.1, 0.15) is 0 Å². The van der Waals surface area contributed by atoms with E-state index in [1.807, 2.05) is 6.07 Å². The Morgan fingerprint density at radius 1 is 1.53 bits per heavy atom. The minimum absolute atomic E-state index is 0.0371. The van der Waals surface area contributed by atoms with Gasteiger partial charge in [-0.1, -0.05) is 13.8 Å². The number of hydrogen-bond donors (Lipinski definition) is 2. The number of carbonyl (C=O) groups excluding carboxylic acids is 1. The number of nitrogen functional groups attached to an aromatic ring is 1. The van der Waals surface area contributed by atoms with Crippen molar-refractivity contribution in [1.82, 2.24) is 0 Å². The summed E-state index contributed by atoms with van der Waals surface area (Å²) >= 11 is 1.44. The Morgan fingerprint density at radius 2 is 2.13 bits per heavy atom. The summed E-state index contributed by atoms with van der Waals surface area (Å²) in [7, 11) is 0. The van der Waals surface area contributed by atoms with Crippen LogP contribution in [-0.4, -0.2) is 11.8 Å². The molecule has 0 spiro atoms. The molecule has 0 unspecified atom stereocenters. The number of carbonyl (C=O) groups is 1. The minimum Gasteiger partial charge on any atom is -0.397 e. The molecule has 4 heteroatoms. The van der Waals surface area contributed by atoms with Crippen LogP contribution in [0.15, 0.2) is 6.07 Å². The summed E-state index contributed by atoms with van der Waals surface area (Å²) in [6.45, 7) is 5.83. The SMILES string of the molecule is CCC(CC)Nc1cc(N)c(C(C)=O)s1. The molecule has 1 aromatic heterocycles. The molecule has 1 rings (SSSR count). The van der Waals surface area contributed by atoms with Gasteiger partial charge < -0.3 is 11.1 Å². The normalized spacial score (nSPS) is 10.7. The van der Waals surface area contributed by atoms with E-state index in [1.165, 1.54) is 11.3 Å². The fourth-order valence-electron chi connectivity index (χ4n) is 1.45. The molecule has 15 heavy (non-hydrogen) atoms. The average Bonchev–Trinajstić information content (AvgIpc) is 2.56. The van der Waals surface area contributed by atoms with Gasteiger partial charge in [-0.15, -0.1) is 11.3 Å². The quantitative estimate of drug-likeness (QED) is 0.758. The lowest BCUT2D eigenvalue weighted by molar-refractivity contribution is 0.102. The van der Waals surface area contributed by atoms with Crippen molar-refractivity contribution in [2.45, 2.75) is 39.7 Å². The molecule has 0 aliphatic carbocycles. The van der Waals surface area contributed by atoms with Crippen molar-refractivity contribution in [3.8, 4) is 0 Å². The largest absolute Gasteiger partial charge is 0.397 e. The Morgan fingerprint density at radius 3 is 2.53 bits per heavy atom. The molecule has 3 N–H and O–H groups in total. The lowest BCUT2D eigenvalue weighted by Crippen LogP contribution is -2.15. The van der Waals surface area contributed by atoms with Crippen LogP contribution in [-0.2, 0) is 0 Å². The third kappa shape index (κ3) is 2.96. The van der Waals surface area contributed by atoms with Crippen molar-refractivity contribution in [2.75, 3.05) is 11.1 Å². The summed E-state index contributed by atoms with van der Waals surface area (Å²) in [5.74, 6) is 0.0371. The van der Waals surface area contributed by atoms with E-state index in [4.69, 9.17) is 5.73 Å². The van der Waals surface area contributed by atoms with Crippen molar-refractivity contribution < 1.29 is 4.79 Å². The fourth-order valence-corrected chi connectivity index (χ4v) is 2.40. The summed E-state index contributed by atoms with van der Waals surface area (Å²) in [5, 5.41) is 4.37. The van der Waals surface area contributed by atoms with E-state index < -0.39 is 0 Å². The molecule has 84 valence electrons. The van der Waals surface area contributed by atoms with Crippen LogP contribution >= 0.6 is 11.3 Å². The molecule has 0 aliphatic heterocycles. The Balaban J connectivity index is 2.79. The van der Waals surface area contributed by atoms with Gasteiger partial charge in [-0.3, -0.25) is 4.79 Å².